The molecule has 1 fully saturated rings. The van der Waals surface area contributed by atoms with Crippen LogP contribution >= 0.6 is 12.2 Å². The summed E-state index contributed by atoms with van der Waals surface area (Å²) in [5.41, 5.74) is 2.07. The Morgan fingerprint density at radius 2 is 2.08 bits per heavy atom. The number of nitrogens with one attached hydrogen (secondary N) is 1. The van der Waals surface area contributed by atoms with E-state index >= 15 is 0 Å². The van der Waals surface area contributed by atoms with Crippen molar-refractivity contribution in [1.29, 1.82) is 0 Å². The molecule has 1 aromatic carbocycles. The van der Waals surface area contributed by atoms with E-state index in [4.69, 9.17) is 12.2 Å². The van der Waals surface area contributed by atoms with Gasteiger partial charge in [-0.25, -0.2) is 8.42 Å². The highest BCUT2D eigenvalue weighted by atomic mass is 32.2. The Balaban J connectivity index is 1.70. The zero-order valence-corrected chi connectivity index (χ0v) is 16.4. The van der Waals surface area contributed by atoms with Crippen LogP contribution in [0, 0.1) is 11.7 Å². The average molecular weight is 395 g/mol. The summed E-state index contributed by atoms with van der Waals surface area (Å²) < 4.78 is 25.5. The first-order chi connectivity index (χ1) is 12.3. The summed E-state index contributed by atoms with van der Waals surface area (Å²) in [5.74, 6) is 0.799. The molecule has 1 aromatic heterocycles. The molecule has 1 amide bonds. The summed E-state index contributed by atoms with van der Waals surface area (Å²) in [7, 11) is -1.35. The van der Waals surface area contributed by atoms with Gasteiger partial charge in [0.2, 0.25) is 5.91 Å². The number of amides is 1. The zero-order valence-electron chi connectivity index (χ0n) is 14.8. The molecule has 9 heteroatoms. The average Bonchev–Trinajstić information content (AvgIpc) is 3.15. The van der Waals surface area contributed by atoms with Crippen molar-refractivity contribution in [3.05, 3.63) is 34.6 Å². The molecule has 26 heavy (non-hydrogen) atoms. The molecule has 0 radical (unpaired) electrons. The maximum atomic E-state index is 12.5. The molecule has 1 atom stereocenters. The molecule has 1 aliphatic rings. The fourth-order valence-electron chi connectivity index (χ4n) is 3.12. The van der Waals surface area contributed by atoms with Gasteiger partial charge in [-0.15, -0.1) is 0 Å². The number of sulfone groups is 1. The molecule has 0 saturated carbocycles. The van der Waals surface area contributed by atoms with Crippen LogP contribution in [-0.2, 0) is 21.2 Å². The molecule has 2 aromatic rings. The largest absolute Gasteiger partial charge is 0.342 e. The van der Waals surface area contributed by atoms with Gasteiger partial charge in [0.1, 0.15) is 0 Å². The highest BCUT2D eigenvalue weighted by Gasteiger charge is 2.32. The van der Waals surface area contributed by atoms with Gasteiger partial charge in [0.25, 0.3) is 0 Å². The van der Waals surface area contributed by atoms with E-state index < -0.39 is 9.84 Å². The minimum atomic E-state index is -3.02. The maximum Gasteiger partial charge on any atom is 0.224 e. The van der Waals surface area contributed by atoms with Crippen molar-refractivity contribution in [2.45, 2.75) is 32.4 Å². The van der Waals surface area contributed by atoms with Crippen molar-refractivity contribution in [2.24, 2.45) is 0 Å². The van der Waals surface area contributed by atoms with Crippen LogP contribution in [0.1, 0.15) is 18.4 Å². The lowest BCUT2D eigenvalue weighted by atomic mass is 10.1. The first-order valence-corrected chi connectivity index (χ1v) is 10.7. The first-order valence-electron chi connectivity index (χ1n) is 8.45. The molecule has 0 aliphatic carbocycles. The lowest BCUT2D eigenvalue weighted by Crippen LogP contribution is -2.38. The van der Waals surface area contributed by atoms with Crippen molar-refractivity contribution < 1.29 is 13.2 Å². The highest BCUT2D eigenvalue weighted by Crippen LogP contribution is 2.20. The molecule has 7 nitrogen and oxygen atoms in total. The standard InChI is InChI=1S/C17H22N4O3S2/c1-12-3-5-13(6-4-12)16-18-19-17(25)21(16)9-7-15(22)20(2)14-8-10-26(23,24)11-14/h3-6,14H,7-11H2,1-2H3,(H,19,25). The van der Waals surface area contributed by atoms with Gasteiger partial charge in [0.05, 0.1) is 11.5 Å². The van der Waals surface area contributed by atoms with Gasteiger partial charge >= 0.3 is 0 Å². The normalized spacial score (nSPS) is 18.8. The van der Waals surface area contributed by atoms with Gasteiger partial charge in [-0.1, -0.05) is 29.8 Å². The van der Waals surface area contributed by atoms with Crippen LogP contribution in [0.2, 0.25) is 0 Å². The summed E-state index contributed by atoms with van der Waals surface area (Å²) in [6, 6.07) is 7.69. The molecule has 1 aliphatic heterocycles. The Kier molecular flexibility index (Phi) is 5.29. The third kappa shape index (κ3) is 4.04. The predicted molar refractivity (Wildman–Crippen MR) is 102 cm³/mol. The van der Waals surface area contributed by atoms with E-state index in [2.05, 4.69) is 10.2 Å². The number of carbonyl (C=O) groups excluding carboxylic acids is 1. The molecule has 1 unspecified atom stereocenters. The van der Waals surface area contributed by atoms with Crippen LogP contribution in [0.3, 0.4) is 0 Å². The van der Waals surface area contributed by atoms with Crippen LogP contribution < -0.4 is 0 Å². The number of aromatic nitrogens is 3. The van der Waals surface area contributed by atoms with Crippen LogP contribution in [-0.4, -0.2) is 58.6 Å². The molecule has 2 heterocycles. The number of carbonyl (C=O) groups is 1. The number of hydrogen-bond acceptors (Lipinski definition) is 5. The molecule has 1 N–H and O–H groups in total. The van der Waals surface area contributed by atoms with Crippen molar-refractivity contribution in [1.82, 2.24) is 19.7 Å². The fraction of sp³-hybridized carbons (Fsp3) is 0.471. The van der Waals surface area contributed by atoms with E-state index in [9.17, 15) is 13.2 Å². The second kappa shape index (κ2) is 7.32. The number of benzene rings is 1. The van der Waals surface area contributed by atoms with Gasteiger partial charge in [0, 0.05) is 31.6 Å². The molecule has 0 bridgehead atoms. The van der Waals surface area contributed by atoms with E-state index in [0.717, 1.165) is 11.1 Å². The Morgan fingerprint density at radius 1 is 1.38 bits per heavy atom. The van der Waals surface area contributed by atoms with E-state index in [-0.39, 0.29) is 29.9 Å². The quantitative estimate of drug-likeness (QED) is 0.783. The number of rotatable bonds is 5. The molecule has 0 spiro atoms. The first kappa shape index (κ1) is 18.8. The van der Waals surface area contributed by atoms with Gasteiger partial charge in [0.15, 0.2) is 20.4 Å². The lowest BCUT2D eigenvalue weighted by molar-refractivity contribution is -0.131. The predicted octanol–water partition coefficient (Wildman–Crippen LogP) is 1.95. The van der Waals surface area contributed by atoms with E-state index in [1.807, 2.05) is 31.2 Å². The Bertz CT molecular complexity index is 961. The second-order valence-corrected chi connectivity index (χ2v) is 9.30. The molecule has 3 rings (SSSR count). The molecular weight excluding hydrogens is 372 g/mol. The smallest absolute Gasteiger partial charge is 0.224 e. The van der Waals surface area contributed by atoms with Crippen LogP contribution in [0.15, 0.2) is 24.3 Å². The van der Waals surface area contributed by atoms with E-state index in [1.54, 1.807) is 16.5 Å². The number of aryl methyl sites for hydroxylation is 1. The maximum absolute atomic E-state index is 12.5. The summed E-state index contributed by atoms with van der Waals surface area (Å²) in [6.07, 6.45) is 0.740. The monoisotopic (exact) mass is 394 g/mol. The minimum Gasteiger partial charge on any atom is -0.342 e. The zero-order chi connectivity index (χ0) is 18.9. The van der Waals surface area contributed by atoms with Crippen molar-refractivity contribution in [3.8, 4) is 11.4 Å². The Labute approximate surface area is 157 Å². The van der Waals surface area contributed by atoms with Gasteiger partial charge in [-0.3, -0.25) is 14.5 Å². The van der Waals surface area contributed by atoms with Crippen LogP contribution in [0.5, 0.6) is 0 Å². The Morgan fingerprint density at radius 3 is 2.69 bits per heavy atom. The number of nitrogens with zero attached hydrogens (tertiary/aromatic N) is 3. The van der Waals surface area contributed by atoms with Crippen molar-refractivity contribution >= 4 is 28.0 Å². The fourth-order valence-corrected chi connectivity index (χ4v) is 5.11. The van der Waals surface area contributed by atoms with Gasteiger partial charge in [-0.2, -0.15) is 5.10 Å². The van der Waals surface area contributed by atoms with Gasteiger partial charge < -0.3 is 4.90 Å². The lowest BCUT2D eigenvalue weighted by Gasteiger charge is -2.23. The SMILES string of the molecule is Cc1ccc(-c2n[nH]c(=S)n2CCC(=O)N(C)C2CCS(=O)(=O)C2)cc1. The molecule has 1 saturated heterocycles. The van der Waals surface area contributed by atoms with Crippen LogP contribution in [0.4, 0.5) is 0 Å². The van der Waals surface area contributed by atoms with Gasteiger partial charge in [-0.05, 0) is 25.6 Å². The van der Waals surface area contributed by atoms with E-state index in [0.29, 0.717) is 23.6 Å². The second-order valence-electron chi connectivity index (χ2n) is 6.68. The number of H-pyrrole nitrogens is 1. The summed E-state index contributed by atoms with van der Waals surface area (Å²) in [6.45, 7) is 2.40. The minimum absolute atomic E-state index is 0.0506. The summed E-state index contributed by atoms with van der Waals surface area (Å²) in [5, 5.41) is 7.06. The van der Waals surface area contributed by atoms with Crippen LogP contribution in [0.25, 0.3) is 11.4 Å². The molecule has 140 valence electrons. The third-order valence-corrected chi connectivity index (χ3v) is 6.83. The third-order valence-electron chi connectivity index (χ3n) is 4.77. The molecular formula is C17H22N4O3S2. The van der Waals surface area contributed by atoms with Crippen molar-refractivity contribution in [2.75, 3.05) is 18.6 Å². The Hall–Kier alpha value is -2.00. The highest BCUT2D eigenvalue weighted by molar-refractivity contribution is 7.91. The summed E-state index contributed by atoms with van der Waals surface area (Å²) >= 11 is 5.29. The summed E-state index contributed by atoms with van der Waals surface area (Å²) in [4.78, 5) is 14.0. The van der Waals surface area contributed by atoms with E-state index in [1.165, 1.54) is 0 Å². The topological polar surface area (TPSA) is 88.1 Å². The van der Waals surface area contributed by atoms with Crippen molar-refractivity contribution in [3.63, 3.8) is 0 Å². The number of hydrogen-bond donors (Lipinski definition) is 1. The number of aromatic amines is 1.